The number of benzene rings is 2. The molecular formula is C16H15N3O3S. The van der Waals surface area contributed by atoms with Gasteiger partial charge in [-0.25, -0.2) is 14.8 Å². The van der Waals surface area contributed by atoms with Crippen LogP contribution in [0, 0.1) is 0 Å². The molecule has 0 radical (unpaired) electrons. The van der Waals surface area contributed by atoms with Crippen LogP contribution in [0.15, 0.2) is 48.5 Å². The molecule has 3 aromatic rings. The number of amides is 2. The van der Waals surface area contributed by atoms with Crippen molar-refractivity contribution in [2.45, 2.75) is 0 Å². The summed E-state index contributed by atoms with van der Waals surface area (Å²) in [6.07, 6.45) is 0. The van der Waals surface area contributed by atoms with Crippen molar-refractivity contribution in [1.29, 1.82) is 0 Å². The van der Waals surface area contributed by atoms with Gasteiger partial charge in [0.1, 0.15) is 5.75 Å². The minimum Gasteiger partial charge on any atom is -0.431 e. The van der Waals surface area contributed by atoms with E-state index in [2.05, 4.69) is 10.3 Å². The van der Waals surface area contributed by atoms with Gasteiger partial charge in [0.25, 0.3) is 5.19 Å². The van der Waals surface area contributed by atoms with Gasteiger partial charge in [-0.15, -0.1) is 0 Å². The van der Waals surface area contributed by atoms with E-state index in [1.165, 1.54) is 25.5 Å². The summed E-state index contributed by atoms with van der Waals surface area (Å²) in [6, 6.07) is 14.6. The molecule has 0 spiro atoms. The van der Waals surface area contributed by atoms with E-state index in [0.717, 1.165) is 15.3 Å². The molecule has 1 N–H and O–H groups in total. The number of hydroxylamine groups is 2. The number of nitrogens with one attached hydrogen (secondary N) is 1. The fourth-order valence-corrected chi connectivity index (χ4v) is 2.72. The third kappa shape index (κ3) is 3.58. The van der Waals surface area contributed by atoms with Gasteiger partial charge in [-0.1, -0.05) is 23.5 Å². The Morgan fingerprint density at radius 1 is 1.17 bits per heavy atom. The third-order valence-electron chi connectivity index (χ3n) is 3.14. The lowest BCUT2D eigenvalue weighted by atomic mass is 10.3. The molecule has 6 nitrogen and oxygen atoms in total. The van der Waals surface area contributed by atoms with Crippen molar-refractivity contribution in [3.8, 4) is 10.9 Å². The maximum Gasteiger partial charge on any atom is 0.345 e. The smallest absolute Gasteiger partial charge is 0.345 e. The number of aromatic nitrogens is 1. The second-order valence-corrected chi connectivity index (χ2v) is 5.68. The first-order valence-electron chi connectivity index (χ1n) is 6.88. The largest absolute Gasteiger partial charge is 0.431 e. The topological polar surface area (TPSA) is 63.7 Å². The van der Waals surface area contributed by atoms with Gasteiger partial charge in [-0.05, 0) is 36.4 Å². The van der Waals surface area contributed by atoms with Crippen LogP contribution in [-0.4, -0.2) is 30.2 Å². The molecule has 2 amide bonds. The minimum absolute atomic E-state index is 0.354. The molecule has 23 heavy (non-hydrogen) atoms. The van der Waals surface area contributed by atoms with Crippen LogP contribution in [0.25, 0.3) is 10.2 Å². The molecule has 1 heterocycles. The Morgan fingerprint density at radius 3 is 2.61 bits per heavy atom. The normalized spacial score (nSPS) is 10.5. The lowest BCUT2D eigenvalue weighted by Gasteiger charge is -2.14. The number of nitrogens with zero attached hydrogens (tertiary/aromatic N) is 2. The fraction of sp³-hybridized carbons (Fsp3) is 0.125. The highest BCUT2D eigenvalue weighted by molar-refractivity contribution is 7.20. The molecule has 0 aliphatic rings. The van der Waals surface area contributed by atoms with Crippen molar-refractivity contribution in [2.75, 3.05) is 19.5 Å². The number of anilines is 1. The van der Waals surface area contributed by atoms with Gasteiger partial charge >= 0.3 is 6.03 Å². The number of carbonyl (C=O) groups excluding carboxylic acids is 1. The van der Waals surface area contributed by atoms with Crippen LogP contribution in [-0.2, 0) is 4.84 Å². The minimum atomic E-state index is -0.354. The molecule has 0 bridgehead atoms. The van der Waals surface area contributed by atoms with Crippen molar-refractivity contribution in [2.24, 2.45) is 0 Å². The Labute approximate surface area is 137 Å². The Balaban J connectivity index is 1.68. The molecule has 7 heteroatoms. The van der Waals surface area contributed by atoms with Gasteiger partial charge in [-0.2, -0.15) is 0 Å². The summed E-state index contributed by atoms with van der Waals surface area (Å²) in [5.41, 5.74) is 1.56. The summed E-state index contributed by atoms with van der Waals surface area (Å²) >= 11 is 1.49. The number of hydrogen-bond acceptors (Lipinski definition) is 5. The van der Waals surface area contributed by atoms with Crippen LogP contribution in [0.2, 0.25) is 0 Å². The van der Waals surface area contributed by atoms with E-state index in [1.807, 2.05) is 24.3 Å². The third-order valence-corrected chi connectivity index (χ3v) is 4.06. The molecule has 2 aromatic carbocycles. The average Bonchev–Trinajstić information content (AvgIpc) is 2.98. The Bertz CT molecular complexity index is 784. The van der Waals surface area contributed by atoms with Crippen molar-refractivity contribution >= 4 is 33.3 Å². The van der Waals surface area contributed by atoms with Crippen LogP contribution in [0.1, 0.15) is 0 Å². The molecule has 3 rings (SSSR count). The highest BCUT2D eigenvalue weighted by Crippen LogP contribution is 2.31. The lowest BCUT2D eigenvalue weighted by molar-refractivity contribution is -0.0598. The number of ether oxygens (including phenoxy) is 1. The molecule has 0 atom stereocenters. The van der Waals surface area contributed by atoms with Crippen molar-refractivity contribution in [3.05, 3.63) is 48.5 Å². The zero-order valence-electron chi connectivity index (χ0n) is 12.6. The second kappa shape index (κ2) is 6.64. The van der Waals surface area contributed by atoms with Crippen LogP contribution in [0.3, 0.4) is 0 Å². The fourth-order valence-electron chi connectivity index (χ4n) is 1.89. The predicted molar refractivity (Wildman–Crippen MR) is 89.9 cm³/mol. The maximum absolute atomic E-state index is 11.7. The zero-order valence-corrected chi connectivity index (χ0v) is 13.5. The molecule has 0 unspecified atom stereocenters. The van der Waals surface area contributed by atoms with E-state index in [-0.39, 0.29) is 6.03 Å². The number of fused-ring (bicyclic) bond motifs is 1. The van der Waals surface area contributed by atoms with Crippen LogP contribution >= 0.6 is 11.3 Å². The first-order valence-corrected chi connectivity index (χ1v) is 7.69. The van der Waals surface area contributed by atoms with Gasteiger partial charge in [0.05, 0.1) is 17.3 Å². The zero-order chi connectivity index (χ0) is 16.2. The van der Waals surface area contributed by atoms with Crippen molar-refractivity contribution in [1.82, 2.24) is 10.0 Å². The van der Waals surface area contributed by atoms with Crippen molar-refractivity contribution in [3.63, 3.8) is 0 Å². The molecule has 0 aliphatic heterocycles. The predicted octanol–water partition coefficient (Wildman–Crippen LogP) is 4.11. The first kappa shape index (κ1) is 15.3. The Hall–Kier alpha value is -2.64. The number of carbonyl (C=O) groups is 1. The monoisotopic (exact) mass is 329 g/mol. The quantitative estimate of drug-likeness (QED) is 0.732. The molecule has 0 saturated carbocycles. The summed E-state index contributed by atoms with van der Waals surface area (Å²) in [4.78, 5) is 20.9. The van der Waals surface area contributed by atoms with Gasteiger partial charge < -0.3 is 10.1 Å². The standard InChI is InChI=1S/C16H15N3O3S/c1-19(21-2)15(20)17-11-7-9-12(10-8-11)22-16-18-13-5-3-4-6-14(13)23-16/h3-10H,1-2H3,(H,17,20). The molecule has 0 fully saturated rings. The maximum atomic E-state index is 11.7. The van der Waals surface area contributed by atoms with E-state index >= 15 is 0 Å². The summed E-state index contributed by atoms with van der Waals surface area (Å²) in [5.74, 6) is 0.655. The number of rotatable bonds is 4. The number of urea groups is 1. The first-order chi connectivity index (χ1) is 11.2. The van der Waals surface area contributed by atoms with Gasteiger partial charge in [-0.3, -0.25) is 4.84 Å². The second-order valence-electron chi connectivity index (χ2n) is 4.68. The number of hydrogen-bond donors (Lipinski definition) is 1. The van der Waals surface area contributed by atoms with E-state index in [4.69, 9.17) is 9.57 Å². The SMILES string of the molecule is CON(C)C(=O)Nc1ccc(Oc2nc3ccccc3s2)cc1. The Kier molecular flexibility index (Phi) is 4.40. The summed E-state index contributed by atoms with van der Waals surface area (Å²) < 4.78 is 6.83. The van der Waals surface area contributed by atoms with E-state index in [1.54, 1.807) is 24.3 Å². The van der Waals surface area contributed by atoms with Crippen molar-refractivity contribution < 1.29 is 14.4 Å². The molecule has 1 aromatic heterocycles. The highest BCUT2D eigenvalue weighted by atomic mass is 32.1. The van der Waals surface area contributed by atoms with Gasteiger partial charge in [0, 0.05) is 12.7 Å². The van der Waals surface area contributed by atoms with E-state index < -0.39 is 0 Å². The van der Waals surface area contributed by atoms with Gasteiger partial charge in [0.2, 0.25) is 0 Å². The summed E-state index contributed by atoms with van der Waals surface area (Å²) in [5, 5.41) is 4.39. The Morgan fingerprint density at radius 2 is 1.91 bits per heavy atom. The average molecular weight is 329 g/mol. The molecule has 0 saturated heterocycles. The van der Waals surface area contributed by atoms with Gasteiger partial charge in [0.15, 0.2) is 0 Å². The van der Waals surface area contributed by atoms with Crippen LogP contribution < -0.4 is 10.1 Å². The van der Waals surface area contributed by atoms with E-state index in [9.17, 15) is 4.79 Å². The molecule has 118 valence electrons. The van der Waals surface area contributed by atoms with E-state index in [0.29, 0.717) is 16.6 Å². The number of thiazole rings is 1. The number of para-hydroxylation sites is 1. The highest BCUT2D eigenvalue weighted by Gasteiger charge is 2.08. The lowest BCUT2D eigenvalue weighted by Crippen LogP contribution is -2.30. The van der Waals surface area contributed by atoms with Crippen LogP contribution in [0.4, 0.5) is 10.5 Å². The summed E-state index contributed by atoms with van der Waals surface area (Å²) in [7, 11) is 2.95. The molecular weight excluding hydrogens is 314 g/mol. The summed E-state index contributed by atoms with van der Waals surface area (Å²) in [6.45, 7) is 0. The van der Waals surface area contributed by atoms with Crippen LogP contribution in [0.5, 0.6) is 10.9 Å². The molecule has 0 aliphatic carbocycles.